The second kappa shape index (κ2) is 2.24. The van der Waals surface area contributed by atoms with E-state index in [2.05, 4.69) is 37.4 Å². The van der Waals surface area contributed by atoms with Gasteiger partial charge in [0.15, 0.2) is 5.73 Å². The van der Waals surface area contributed by atoms with Crippen molar-refractivity contribution in [2.45, 2.75) is 13.8 Å². The fourth-order valence-corrected chi connectivity index (χ4v) is 0.860. The van der Waals surface area contributed by atoms with Crippen LogP contribution in [-0.2, 0) is 0 Å². The van der Waals surface area contributed by atoms with Crippen LogP contribution in [0.3, 0.4) is 0 Å². The summed E-state index contributed by atoms with van der Waals surface area (Å²) in [5.74, 6) is 0. The molecule has 0 aliphatic carbocycles. The van der Waals surface area contributed by atoms with Crippen molar-refractivity contribution in [3.8, 4) is 0 Å². The molecule has 0 bridgehead atoms. The lowest BCUT2D eigenvalue weighted by Gasteiger charge is -1.95. The molecule has 0 aromatic carbocycles. The van der Waals surface area contributed by atoms with Gasteiger partial charge in [-0.15, -0.1) is 0 Å². The number of hydrogen-bond donors (Lipinski definition) is 0. The number of allylic oxidation sites excluding steroid dienone is 2. The van der Waals surface area contributed by atoms with Crippen LogP contribution < -0.4 is 4.90 Å². The van der Waals surface area contributed by atoms with Gasteiger partial charge in [-0.3, -0.25) is 0 Å². The van der Waals surface area contributed by atoms with Crippen molar-refractivity contribution in [2.24, 2.45) is 0 Å². The molecule has 1 aliphatic heterocycles. The minimum absolute atomic E-state index is 0.323. The van der Waals surface area contributed by atoms with Gasteiger partial charge in [0.2, 0.25) is 11.4 Å². The summed E-state index contributed by atoms with van der Waals surface area (Å²) in [7, 11) is 4.64. The Morgan fingerprint density at radius 3 is 1.70 bits per heavy atom. The molecular formula is C7H15BN2+. The number of amidine groups is 1. The highest BCUT2D eigenvalue weighted by Crippen LogP contribution is 2.12. The molecule has 1 radical (unpaired) electrons. The predicted octanol–water partition coefficient (Wildman–Crippen LogP) is -0.615. The number of hydrogen-bond acceptors (Lipinski definition) is 1. The summed E-state index contributed by atoms with van der Waals surface area (Å²) in [5, 5.41) is 0. The van der Waals surface area contributed by atoms with E-state index in [0.29, 0.717) is 7.85 Å². The molecule has 0 spiro atoms. The third-order valence-corrected chi connectivity index (χ3v) is 1.83. The van der Waals surface area contributed by atoms with Crippen molar-refractivity contribution in [2.75, 3.05) is 14.1 Å². The minimum atomic E-state index is 0.323. The molecule has 1 heterocycles. The van der Waals surface area contributed by atoms with Gasteiger partial charge >= 0.3 is 0 Å². The van der Waals surface area contributed by atoms with Crippen molar-refractivity contribution < 1.29 is 4.58 Å². The maximum Gasteiger partial charge on any atom is 0.241 e. The topological polar surface area (TPSA) is 8.91 Å². The van der Waals surface area contributed by atoms with E-state index in [-0.39, 0.29) is 0 Å². The van der Waals surface area contributed by atoms with Crippen LogP contribution in [0.5, 0.6) is 0 Å². The van der Waals surface area contributed by atoms with Gasteiger partial charge < -0.3 is 0 Å². The lowest BCUT2D eigenvalue weighted by Crippen LogP contribution is -2.30. The molecule has 0 N–H and O–H groups in total. The second-order valence-corrected chi connectivity index (χ2v) is 2.39. The van der Waals surface area contributed by atoms with Crippen molar-refractivity contribution >= 4 is 13.6 Å². The first-order chi connectivity index (χ1) is 4.55. The van der Waals surface area contributed by atoms with Crippen LogP contribution in [0.15, 0.2) is 11.4 Å². The smallest absolute Gasteiger partial charge is 0.186 e. The standard InChI is InChI=1S/C7H15BN2/c1-5-6(2)10(4)7(8)9(5)3/h1-4,8H3/q+1. The average molecular weight is 138 g/mol. The summed E-state index contributed by atoms with van der Waals surface area (Å²) in [6.45, 7) is 4.36. The summed E-state index contributed by atoms with van der Waals surface area (Å²) in [6, 6.07) is 0. The molecule has 0 saturated heterocycles. The molecule has 0 amide bonds. The highest BCUT2D eigenvalue weighted by atomic mass is 15.3. The fraction of sp³-hybridized carbons (Fsp3) is 0.571. The summed E-state index contributed by atoms with van der Waals surface area (Å²) < 4.78 is 2.31. The Bertz CT molecular complexity index is 204. The first-order valence-electron chi connectivity index (χ1n) is 3.04. The van der Waals surface area contributed by atoms with Crippen molar-refractivity contribution in [3.05, 3.63) is 11.4 Å². The average Bonchev–Trinajstić information content (AvgIpc) is 2.07. The predicted molar refractivity (Wildman–Crippen MR) is 47.6 cm³/mol. The molecule has 10 heavy (non-hydrogen) atoms. The Kier molecular flexibility index (Phi) is 1.69. The first kappa shape index (κ1) is 7.54. The van der Waals surface area contributed by atoms with E-state index in [4.69, 9.17) is 0 Å². The van der Waals surface area contributed by atoms with Gasteiger partial charge in [0.1, 0.15) is 21.9 Å². The summed E-state index contributed by atoms with van der Waals surface area (Å²) in [5.41, 5.74) is 4.37. The molecule has 0 fully saturated rings. The van der Waals surface area contributed by atoms with Crippen LogP contribution in [-0.4, -0.2) is 32.3 Å². The van der Waals surface area contributed by atoms with Crippen LogP contribution >= 0.6 is 0 Å². The Labute approximate surface area is 63.3 Å². The normalized spacial score (nSPS) is 21.3. The van der Waals surface area contributed by atoms with E-state index in [1.54, 1.807) is 5.73 Å². The van der Waals surface area contributed by atoms with Gasteiger partial charge in [-0.05, 0) is 0 Å². The van der Waals surface area contributed by atoms with Crippen molar-refractivity contribution in [1.82, 2.24) is 4.90 Å². The lowest BCUT2D eigenvalue weighted by atomic mass is 10.1. The third kappa shape index (κ3) is 0.815. The largest absolute Gasteiger partial charge is 0.241 e. The van der Waals surface area contributed by atoms with Crippen LogP contribution in [0.4, 0.5) is 0 Å². The highest BCUT2D eigenvalue weighted by Gasteiger charge is 2.31. The fourth-order valence-electron chi connectivity index (χ4n) is 0.860. The summed E-state index contributed by atoms with van der Waals surface area (Å²) in [6.07, 6.45) is 0. The van der Waals surface area contributed by atoms with Gasteiger partial charge in [0, 0.05) is 13.8 Å². The summed E-state index contributed by atoms with van der Waals surface area (Å²) >= 11 is 0. The molecule has 0 saturated carbocycles. The van der Waals surface area contributed by atoms with Crippen LogP contribution in [0.1, 0.15) is 13.8 Å². The molecule has 3 heteroatoms. The molecular weight excluding hydrogens is 123 g/mol. The monoisotopic (exact) mass is 138 g/mol. The Morgan fingerprint density at radius 1 is 1.10 bits per heavy atom. The molecule has 0 atom stereocenters. The molecule has 0 unspecified atom stereocenters. The van der Waals surface area contributed by atoms with E-state index >= 15 is 0 Å². The highest BCUT2D eigenvalue weighted by molar-refractivity contribution is 6.58. The van der Waals surface area contributed by atoms with Crippen LogP contribution in [0, 0.1) is 0 Å². The van der Waals surface area contributed by atoms with E-state index in [9.17, 15) is 0 Å². The zero-order valence-corrected chi connectivity index (χ0v) is 6.39. The number of nitrogens with zero attached hydrogens (tertiary/aromatic N) is 2. The van der Waals surface area contributed by atoms with Crippen LogP contribution in [0.2, 0.25) is 0 Å². The molecule has 1 aliphatic rings. The van der Waals surface area contributed by atoms with Gasteiger partial charge in [-0.1, -0.05) is 4.90 Å². The lowest BCUT2D eigenvalue weighted by molar-refractivity contribution is -0.438. The van der Waals surface area contributed by atoms with Gasteiger partial charge in [0.25, 0.3) is 0 Å². The Morgan fingerprint density at radius 2 is 1.60 bits per heavy atom. The second-order valence-electron chi connectivity index (χ2n) is 2.39. The molecule has 0 aromatic rings. The SMILES string of the molecule is [BH3-]C1=[N+](C)C(C)=C(C)[N+]1C. The van der Waals surface area contributed by atoms with Gasteiger partial charge in [-0.2, -0.15) is 4.58 Å². The van der Waals surface area contributed by atoms with E-state index in [1.165, 1.54) is 11.4 Å². The molecule has 1 rings (SSSR count). The summed E-state index contributed by atoms with van der Waals surface area (Å²) in [4.78, 5) is 2.31. The minimum Gasteiger partial charge on any atom is -0.186 e. The van der Waals surface area contributed by atoms with Crippen molar-refractivity contribution in [1.29, 1.82) is 0 Å². The quantitative estimate of drug-likeness (QED) is 0.312. The molecule has 0 aromatic heterocycles. The maximum absolute atomic E-state index is 2.31. The molecule has 55 valence electrons. The Balaban J connectivity index is 3.09. The maximum atomic E-state index is 2.31. The number of rotatable bonds is 0. The Hall–Kier alpha value is -0.565. The van der Waals surface area contributed by atoms with Crippen molar-refractivity contribution in [3.63, 3.8) is 0 Å². The molecule has 2 nitrogen and oxygen atoms in total. The first-order valence-corrected chi connectivity index (χ1v) is 3.04. The van der Waals surface area contributed by atoms with E-state index in [0.717, 1.165) is 0 Å². The van der Waals surface area contributed by atoms with Gasteiger partial charge in [0.05, 0.1) is 0 Å². The zero-order chi connectivity index (χ0) is 7.89. The van der Waals surface area contributed by atoms with Gasteiger partial charge in [-0.25, -0.2) is 0 Å². The zero-order valence-electron chi connectivity index (χ0n) is 6.39. The van der Waals surface area contributed by atoms with Crippen LogP contribution in [0.25, 0.3) is 0 Å². The van der Waals surface area contributed by atoms with E-state index < -0.39 is 0 Å². The third-order valence-electron chi connectivity index (χ3n) is 1.83. The van der Waals surface area contributed by atoms with E-state index in [1.807, 2.05) is 0 Å².